The molecule has 0 atom stereocenters. The fraction of sp³-hybridized carbons (Fsp3) is 0.158. The molecule has 3 rings (SSSR count). The van der Waals surface area contributed by atoms with E-state index in [1.54, 1.807) is 36.4 Å². The molecule has 3 aromatic rings. The summed E-state index contributed by atoms with van der Waals surface area (Å²) in [6.07, 6.45) is 1.44. The van der Waals surface area contributed by atoms with E-state index in [0.717, 1.165) is 0 Å². The molecular formula is C19H17N3O5S. The van der Waals surface area contributed by atoms with Gasteiger partial charge in [-0.05, 0) is 23.8 Å². The average molecular weight is 399 g/mol. The first-order valence-electron chi connectivity index (χ1n) is 8.10. The molecule has 0 bridgehead atoms. The molecule has 144 valence electrons. The molecule has 0 amide bonds. The molecule has 0 radical (unpaired) electrons. The molecule has 0 aliphatic heterocycles. The zero-order valence-corrected chi connectivity index (χ0v) is 15.9. The van der Waals surface area contributed by atoms with Crippen LogP contribution in [-0.2, 0) is 15.9 Å². The molecule has 1 heterocycles. The Morgan fingerprint density at radius 1 is 1.18 bits per heavy atom. The normalized spacial score (nSPS) is 11.1. The van der Waals surface area contributed by atoms with Gasteiger partial charge in [-0.1, -0.05) is 12.1 Å². The van der Waals surface area contributed by atoms with Crippen LogP contribution in [0.4, 0.5) is 11.4 Å². The first-order valence-corrected chi connectivity index (χ1v) is 9.71. The van der Waals surface area contributed by atoms with Crippen molar-refractivity contribution < 1.29 is 22.4 Å². The molecule has 28 heavy (non-hydrogen) atoms. The summed E-state index contributed by atoms with van der Waals surface area (Å²) in [5.41, 5.74) is 2.36. The number of ether oxygens (including phenoxy) is 2. The average Bonchev–Trinajstić information content (AvgIpc) is 2.66. The summed E-state index contributed by atoms with van der Waals surface area (Å²) in [6, 6.07) is 12.1. The summed E-state index contributed by atoms with van der Waals surface area (Å²) < 4.78 is 42.0. The van der Waals surface area contributed by atoms with Crippen molar-refractivity contribution in [2.45, 2.75) is 5.75 Å². The van der Waals surface area contributed by atoms with Crippen LogP contribution in [0.5, 0.6) is 11.5 Å². The molecule has 0 spiro atoms. The van der Waals surface area contributed by atoms with E-state index in [2.05, 4.69) is 16.4 Å². The zero-order valence-electron chi connectivity index (χ0n) is 15.1. The van der Waals surface area contributed by atoms with Crippen LogP contribution >= 0.6 is 0 Å². The number of anilines is 2. The lowest BCUT2D eigenvalue weighted by atomic mass is 10.1. The van der Waals surface area contributed by atoms with Crippen LogP contribution in [0.25, 0.3) is 10.9 Å². The lowest BCUT2D eigenvalue weighted by Crippen LogP contribution is -2.02. The van der Waals surface area contributed by atoms with Crippen molar-refractivity contribution in [2.75, 3.05) is 19.5 Å². The third kappa shape index (κ3) is 4.14. The number of benzene rings is 2. The predicted octanol–water partition coefficient (Wildman–Crippen LogP) is 3.26. The quantitative estimate of drug-likeness (QED) is 0.606. The fourth-order valence-corrected chi connectivity index (χ4v) is 3.43. The molecule has 0 unspecified atom stereocenters. The standard InChI is InChI=1S/C19H17N3O5S/c1-26-17-7-15-16(8-18(17)27-2)21-10-13(9-20)19(15)22-14-5-3-4-12(6-14)11-28(23,24)25/h3-8,10H,11H2,1-2H3,(H,21,22)(H,23,24,25). The summed E-state index contributed by atoms with van der Waals surface area (Å²) >= 11 is 0. The van der Waals surface area contributed by atoms with Crippen molar-refractivity contribution in [3.05, 3.63) is 53.7 Å². The number of pyridine rings is 1. The highest BCUT2D eigenvalue weighted by molar-refractivity contribution is 7.85. The van der Waals surface area contributed by atoms with Crippen LogP contribution in [0.2, 0.25) is 0 Å². The van der Waals surface area contributed by atoms with Gasteiger partial charge in [0.15, 0.2) is 11.5 Å². The minimum Gasteiger partial charge on any atom is -0.493 e. The van der Waals surface area contributed by atoms with Gasteiger partial charge in [-0.25, -0.2) is 0 Å². The molecule has 0 saturated heterocycles. The second kappa shape index (κ2) is 7.72. The van der Waals surface area contributed by atoms with Crippen LogP contribution in [-0.4, -0.2) is 32.2 Å². The molecule has 8 nitrogen and oxygen atoms in total. The maximum Gasteiger partial charge on any atom is 0.269 e. The molecule has 0 saturated carbocycles. The molecule has 0 fully saturated rings. The largest absolute Gasteiger partial charge is 0.493 e. The predicted molar refractivity (Wildman–Crippen MR) is 105 cm³/mol. The number of fused-ring (bicyclic) bond motifs is 1. The first kappa shape index (κ1) is 19.4. The Morgan fingerprint density at radius 2 is 1.89 bits per heavy atom. The topological polar surface area (TPSA) is 122 Å². The maximum atomic E-state index is 11.1. The van der Waals surface area contributed by atoms with Gasteiger partial charge in [0.05, 0.1) is 31.0 Å². The van der Waals surface area contributed by atoms with Gasteiger partial charge in [0.1, 0.15) is 11.8 Å². The molecule has 2 aromatic carbocycles. The third-order valence-corrected chi connectivity index (χ3v) is 4.74. The van der Waals surface area contributed by atoms with E-state index in [0.29, 0.717) is 44.9 Å². The van der Waals surface area contributed by atoms with E-state index in [1.165, 1.54) is 20.4 Å². The van der Waals surface area contributed by atoms with E-state index < -0.39 is 15.9 Å². The van der Waals surface area contributed by atoms with E-state index in [-0.39, 0.29) is 0 Å². The van der Waals surface area contributed by atoms with Crippen molar-refractivity contribution in [3.63, 3.8) is 0 Å². The number of hydrogen-bond acceptors (Lipinski definition) is 7. The number of nitrogens with one attached hydrogen (secondary N) is 1. The molecule has 1 aromatic heterocycles. The lowest BCUT2D eigenvalue weighted by molar-refractivity contribution is 0.356. The smallest absolute Gasteiger partial charge is 0.269 e. The third-order valence-electron chi connectivity index (χ3n) is 4.04. The van der Waals surface area contributed by atoms with Crippen LogP contribution < -0.4 is 14.8 Å². The summed E-state index contributed by atoms with van der Waals surface area (Å²) in [5, 5.41) is 13.3. The van der Waals surface area contributed by atoms with Crippen molar-refractivity contribution in [1.82, 2.24) is 4.98 Å². The minimum atomic E-state index is -4.15. The van der Waals surface area contributed by atoms with Gasteiger partial charge in [-0.2, -0.15) is 13.7 Å². The second-order valence-corrected chi connectivity index (χ2v) is 7.39. The Bertz CT molecular complexity index is 1190. The van der Waals surface area contributed by atoms with Crippen molar-refractivity contribution >= 4 is 32.4 Å². The van der Waals surface area contributed by atoms with Gasteiger partial charge in [0, 0.05) is 23.3 Å². The summed E-state index contributed by atoms with van der Waals surface area (Å²) in [6.45, 7) is 0. The molecule has 0 aliphatic carbocycles. The van der Waals surface area contributed by atoms with Crippen molar-refractivity contribution in [3.8, 4) is 17.6 Å². The van der Waals surface area contributed by atoms with Crippen molar-refractivity contribution in [1.29, 1.82) is 5.26 Å². The van der Waals surface area contributed by atoms with Gasteiger partial charge in [-0.15, -0.1) is 0 Å². The van der Waals surface area contributed by atoms with Crippen LogP contribution in [0, 0.1) is 11.3 Å². The fourth-order valence-electron chi connectivity index (χ4n) is 2.83. The number of hydrogen-bond donors (Lipinski definition) is 2. The zero-order chi connectivity index (χ0) is 20.3. The molecular weight excluding hydrogens is 382 g/mol. The Kier molecular flexibility index (Phi) is 5.35. The highest BCUT2D eigenvalue weighted by Crippen LogP contribution is 2.37. The number of nitrogens with zero attached hydrogens (tertiary/aromatic N) is 2. The Balaban J connectivity index is 2.12. The Morgan fingerprint density at radius 3 is 2.54 bits per heavy atom. The van der Waals surface area contributed by atoms with Crippen LogP contribution in [0.1, 0.15) is 11.1 Å². The molecule has 9 heteroatoms. The summed E-state index contributed by atoms with van der Waals surface area (Å²) in [4.78, 5) is 4.29. The monoisotopic (exact) mass is 399 g/mol. The van der Waals surface area contributed by atoms with Gasteiger partial charge in [-0.3, -0.25) is 9.54 Å². The summed E-state index contributed by atoms with van der Waals surface area (Å²) in [7, 11) is -1.12. The Labute approximate surface area is 162 Å². The number of methoxy groups -OCH3 is 2. The molecule has 2 N–H and O–H groups in total. The summed E-state index contributed by atoms with van der Waals surface area (Å²) in [5.74, 6) is 0.485. The van der Waals surface area contributed by atoms with Gasteiger partial charge >= 0.3 is 0 Å². The highest BCUT2D eigenvalue weighted by Gasteiger charge is 2.14. The lowest BCUT2D eigenvalue weighted by Gasteiger charge is -2.14. The highest BCUT2D eigenvalue weighted by atomic mass is 32.2. The number of nitriles is 1. The van der Waals surface area contributed by atoms with Gasteiger partial charge in [0.2, 0.25) is 0 Å². The first-order chi connectivity index (χ1) is 13.3. The minimum absolute atomic E-state index is 0.305. The maximum absolute atomic E-state index is 11.1. The SMILES string of the molecule is COc1cc2ncc(C#N)c(Nc3cccc(CS(=O)(=O)O)c3)c2cc1OC. The van der Waals surface area contributed by atoms with E-state index in [4.69, 9.17) is 14.0 Å². The van der Waals surface area contributed by atoms with Gasteiger partial charge in [0.25, 0.3) is 10.1 Å². The van der Waals surface area contributed by atoms with Crippen LogP contribution in [0.3, 0.4) is 0 Å². The number of aromatic nitrogens is 1. The van der Waals surface area contributed by atoms with Crippen LogP contribution in [0.15, 0.2) is 42.6 Å². The van der Waals surface area contributed by atoms with E-state index >= 15 is 0 Å². The second-order valence-electron chi connectivity index (χ2n) is 5.93. The Hall–Kier alpha value is -3.35. The van der Waals surface area contributed by atoms with Gasteiger partial charge < -0.3 is 14.8 Å². The van der Waals surface area contributed by atoms with Crippen molar-refractivity contribution in [2.24, 2.45) is 0 Å². The number of rotatable bonds is 6. The van der Waals surface area contributed by atoms with E-state index in [9.17, 15) is 13.7 Å². The molecule has 0 aliphatic rings. The van der Waals surface area contributed by atoms with E-state index in [1.807, 2.05) is 0 Å².